The highest BCUT2D eigenvalue weighted by molar-refractivity contribution is 7.99. The standard InChI is InChI=1S/C24H22F3NO8S/c1-12(29)33-19-11-37-23(22(35-14(3)31)21(19)34-13(2)30)36-17-8-9-18(28-10-17)20(32)15-4-6-16(7-5-15)24(25,26)27/h4-10,19,21-23H,11H2,1-3H3/t19-,21+,22-,23-/m1/s1. The summed E-state index contributed by atoms with van der Waals surface area (Å²) in [6.07, 6.45) is -6.46. The van der Waals surface area contributed by atoms with Crippen molar-refractivity contribution < 1.29 is 51.3 Å². The lowest BCUT2D eigenvalue weighted by molar-refractivity contribution is -0.186. The lowest BCUT2D eigenvalue weighted by atomic mass is 10.1. The first-order valence-corrected chi connectivity index (χ1v) is 11.9. The molecule has 0 bridgehead atoms. The zero-order valence-electron chi connectivity index (χ0n) is 19.8. The van der Waals surface area contributed by atoms with Gasteiger partial charge in [0.15, 0.2) is 23.7 Å². The van der Waals surface area contributed by atoms with Crippen LogP contribution >= 0.6 is 11.8 Å². The fourth-order valence-electron chi connectivity index (χ4n) is 3.49. The number of alkyl halides is 3. The Labute approximate surface area is 213 Å². The van der Waals surface area contributed by atoms with Crippen molar-refractivity contribution in [2.24, 2.45) is 0 Å². The molecule has 4 atom stereocenters. The van der Waals surface area contributed by atoms with Crippen molar-refractivity contribution in [3.8, 4) is 5.75 Å². The van der Waals surface area contributed by atoms with Gasteiger partial charge in [-0.05, 0) is 24.3 Å². The number of rotatable bonds is 7. The van der Waals surface area contributed by atoms with Crippen LogP contribution in [0.3, 0.4) is 0 Å². The third-order valence-electron chi connectivity index (χ3n) is 5.00. The van der Waals surface area contributed by atoms with E-state index in [9.17, 15) is 32.3 Å². The summed E-state index contributed by atoms with van der Waals surface area (Å²) in [5.74, 6) is -2.23. The van der Waals surface area contributed by atoms with Gasteiger partial charge in [-0.15, -0.1) is 11.8 Å². The minimum Gasteiger partial charge on any atom is -0.474 e. The zero-order valence-corrected chi connectivity index (χ0v) is 20.6. The Bertz CT molecular complexity index is 1150. The molecule has 0 unspecified atom stereocenters. The maximum atomic E-state index is 12.8. The number of thioether (sulfide) groups is 1. The molecular formula is C24H22F3NO8S. The van der Waals surface area contributed by atoms with Crippen molar-refractivity contribution in [3.05, 3.63) is 59.4 Å². The SMILES string of the molecule is CC(=O)O[C@@H]1[C@@H](OC(C)=O)[C@H](OC(C)=O)CS[C@H]1Oc1ccc(C(=O)c2ccc(C(F)(F)F)cc2)nc1. The number of hydrogen-bond donors (Lipinski definition) is 0. The summed E-state index contributed by atoms with van der Waals surface area (Å²) in [6.45, 7) is 3.51. The van der Waals surface area contributed by atoms with Crippen LogP contribution in [0.25, 0.3) is 0 Å². The Hall–Kier alpha value is -3.61. The summed E-state index contributed by atoms with van der Waals surface area (Å²) >= 11 is 1.15. The van der Waals surface area contributed by atoms with Gasteiger partial charge in [0.2, 0.25) is 5.78 Å². The molecule has 1 aliphatic rings. The number of ether oxygens (including phenoxy) is 4. The van der Waals surface area contributed by atoms with Gasteiger partial charge in [-0.3, -0.25) is 19.2 Å². The molecule has 0 saturated carbocycles. The normalized spacial score (nSPS) is 21.5. The average Bonchev–Trinajstić information content (AvgIpc) is 2.81. The first-order chi connectivity index (χ1) is 17.3. The summed E-state index contributed by atoms with van der Waals surface area (Å²) in [6, 6.07) is 6.48. The van der Waals surface area contributed by atoms with Crippen molar-refractivity contribution in [3.63, 3.8) is 0 Å². The molecule has 1 aromatic heterocycles. The number of nitrogens with zero attached hydrogens (tertiary/aromatic N) is 1. The Morgan fingerprint density at radius 2 is 1.46 bits per heavy atom. The second-order valence-corrected chi connectivity index (χ2v) is 9.03. The van der Waals surface area contributed by atoms with E-state index in [1.54, 1.807) is 0 Å². The number of ketones is 1. The minimum atomic E-state index is -4.52. The highest BCUT2D eigenvalue weighted by Crippen LogP contribution is 2.34. The van der Waals surface area contributed by atoms with Crippen LogP contribution in [0.5, 0.6) is 5.75 Å². The minimum absolute atomic E-state index is 0.0210. The fourth-order valence-corrected chi connectivity index (χ4v) is 4.70. The fraction of sp³-hybridized carbons (Fsp3) is 0.375. The molecule has 1 fully saturated rings. The van der Waals surface area contributed by atoms with Gasteiger partial charge in [-0.1, -0.05) is 12.1 Å². The number of halogens is 3. The molecule has 1 aliphatic heterocycles. The lowest BCUT2D eigenvalue weighted by Crippen LogP contribution is -2.55. The monoisotopic (exact) mass is 541 g/mol. The third-order valence-corrected chi connectivity index (χ3v) is 6.21. The molecule has 0 aliphatic carbocycles. The molecule has 0 spiro atoms. The molecule has 9 nitrogen and oxygen atoms in total. The van der Waals surface area contributed by atoms with Crippen molar-refractivity contribution in [2.45, 2.75) is 50.7 Å². The Morgan fingerprint density at radius 3 is 1.97 bits per heavy atom. The van der Waals surface area contributed by atoms with Gasteiger partial charge in [-0.2, -0.15) is 13.2 Å². The topological polar surface area (TPSA) is 118 Å². The van der Waals surface area contributed by atoms with Crippen LogP contribution in [0.15, 0.2) is 42.6 Å². The van der Waals surface area contributed by atoms with Gasteiger partial charge in [0.05, 0.1) is 11.8 Å². The van der Waals surface area contributed by atoms with Crippen LogP contribution in [0.2, 0.25) is 0 Å². The molecular weight excluding hydrogens is 519 g/mol. The molecule has 37 heavy (non-hydrogen) atoms. The van der Waals surface area contributed by atoms with Gasteiger partial charge >= 0.3 is 24.1 Å². The van der Waals surface area contributed by atoms with Crippen LogP contribution in [0.4, 0.5) is 13.2 Å². The predicted octanol–water partition coefficient (Wildman–Crippen LogP) is 3.58. The summed E-state index contributed by atoms with van der Waals surface area (Å²) < 4.78 is 60.0. The molecule has 0 radical (unpaired) electrons. The molecule has 2 heterocycles. The number of carbonyl (C=O) groups excluding carboxylic acids is 4. The summed E-state index contributed by atoms with van der Waals surface area (Å²) in [5.41, 5.74) is -1.78. The van der Waals surface area contributed by atoms with E-state index >= 15 is 0 Å². The maximum Gasteiger partial charge on any atom is 0.416 e. The summed E-state index contributed by atoms with van der Waals surface area (Å²) in [4.78, 5) is 51.6. The highest BCUT2D eigenvalue weighted by Gasteiger charge is 2.47. The summed E-state index contributed by atoms with van der Waals surface area (Å²) in [7, 11) is 0. The average molecular weight is 542 g/mol. The van der Waals surface area contributed by atoms with Crippen molar-refractivity contribution >= 4 is 35.5 Å². The number of aromatic nitrogens is 1. The lowest BCUT2D eigenvalue weighted by Gasteiger charge is -2.39. The second kappa shape index (κ2) is 11.6. The quantitative estimate of drug-likeness (QED) is 0.292. The summed E-state index contributed by atoms with van der Waals surface area (Å²) in [5, 5.41) is 0. The second-order valence-electron chi connectivity index (χ2n) is 7.90. The van der Waals surface area contributed by atoms with E-state index in [1.807, 2.05) is 0 Å². The van der Waals surface area contributed by atoms with Crippen LogP contribution in [-0.4, -0.2) is 58.2 Å². The van der Waals surface area contributed by atoms with Gasteiger partial charge in [0.1, 0.15) is 11.4 Å². The zero-order chi connectivity index (χ0) is 27.3. The Kier molecular flexibility index (Phi) is 8.79. The van der Waals surface area contributed by atoms with E-state index in [-0.39, 0.29) is 22.8 Å². The number of esters is 3. The first-order valence-electron chi connectivity index (χ1n) is 10.8. The van der Waals surface area contributed by atoms with E-state index in [0.717, 1.165) is 49.9 Å². The Morgan fingerprint density at radius 1 is 0.865 bits per heavy atom. The predicted molar refractivity (Wildman–Crippen MR) is 123 cm³/mol. The van der Waals surface area contributed by atoms with Crippen LogP contribution in [0.1, 0.15) is 42.4 Å². The third kappa shape index (κ3) is 7.44. The number of pyridine rings is 1. The van der Waals surface area contributed by atoms with Gasteiger partial charge < -0.3 is 18.9 Å². The molecule has 198 valence electrons. The molecule has 13 heteroatoms. The van der Waals surface area contributed by atoms with Gasteiger partial charge in [-0.25, -0.2) is 4.98 Å². The van der Waals surface area contributed by atoms with E-state index in [2.05, 4.69) is 4.98 Å². The maximum absolute atomic E-state index is 12.8. The van der Waals surface area contributed by atoms with Crippen molar-refractivity contribution in [2.75, 3.05) is 5.75 Å². The highest BCUT2D eigenvalue weighted by atomic mass is 32.2. The number of hydrogen-bond acceptors (Lipinski definition) is 10. The molecule has 1 aromatic carbocycles. The van der Waals surface area contributed by atoms with Crippen LogP contribution < -0.4 is 4.74 Å². The molecule has 3 rings (SSSR count). The van der Waals surface area contributed by atoms with E-state index < -0.39 is 59.2 Å². The van der Waals surface area contributed by atoms with Crippen molar-refractivity contribution in [1.29, 1.82) is 0 Å². The molecule has 0 N–H and O–H groups in total. The molecule has 2 aromatic rings. The van der Waals surface area contributed by atoms with Gasteiger partial charge in [0.25, 0.3) is 0 Å². The van der Waals surface area contributed by atoms with Crippen molar-refractivity contribution in [1.82, 2.24) is 4.98 Å². The number of carbonyl (C=O) groups is 4. The molecule has 0 amide bonds. The van der Waals surface area contributed by atoms with E-state index in [4.69, 9.17) is 18.9 Å². The largest absolute Gasteiger partial charge is 0.474 e. The first kappa shape index (κ1) is 28.0. The van der Waals surface area contributed by atoms with E-state index in [0.29, 0.717) is 0 Å². The Balaban J connectivity index is 1.77. The van der Waals surface area contributed by atoms with Crippen LogP contribution in [-0.2, 0) is 34.8 Å². The van der Waals surface area contributed by atoms with Gasteiger partial charge in [0, 0.05) is 32.1 Å². The number of benzene rings is 1. The molecule has 1 saturated heterocycles. The smallest absolute Gasteiger partial charge is 0.416 e. The van der Waals surface area contributed by atoms with Crippen LogP contribution in [0, 0.1) is 0 Å². The van der Waals surface area contributed by atoms with E-state index in [1.165, 1.54) is 25.3 Å².